The van der Waals surface area contributed by atoms with E-state index in [9.17, 15) is 0 Å². The summed E-state index contributed by atoms with van der Waals surface area (Å²) >= 11 is 0. The van der Waals surface area contributed by atoms with Gasteiger partial charge < -0.3 is 10.1 Å². The number of benzene rings is 2. The maximum absolute atomic E-state index is 5.51. The van der Waals surface area contributed by atoms with E-state index in [0.29, 0.717) is 6.61 Å². The predicted molar refractivity (Wildman–Crippen MR) is 81.0 cm³/mol. The summed E-state index contributed by atoms with van der Waals surface area (Å²) < 4.78 is 5.51. The van der Waals surface area contributed by atoms with E-state index in [-0.39, 0.29) is 0 Å². The highest BCUT2D eigenvalue weighted by molar-refractivity contribution is 5.81. The zero-order valence-corrected chi connectivity index (χ0v) is 11.4. The number of anilines is 1. The second kappa shape index (κ2) is 5.65. The molecule has 0 spiro atoms. The smallest absolute Gasteiger partial charge is 0.119 e. The van der Waals surface area contributed by atoms with E-state index in [4.69, 9.17) is 4.74 Å². The van der Waals surface area contributed by atoms with Crippen LogP contribution in [-0.4, -0.2) is 16.8 Å². The van der Waals surface area contributed by atoms with Crippen molar-refractivity contribution in [2.45, 2.75) is 13.5 Å². The molecular formula is C16H17N3O. The maximum Gasteiger partial charge on any atom is 0.119 e. The molecule has 0 unspecified atom stereocenters. The van der Waals surface area contributed by atoms with Crippen LogP contribution in [0.25, 0.3) is 10.9 Å². The Hall–Kier alpha value is -2.49. The first kappa shape index (κ1) is 12.5. The van der Waals surface area contributed by atoms with Crippen LogP contribution >= 0.6 is 0 Å². The SMILES string of the molecule is CCOc1cccc(CNc2ccc3[nH]ncc3c2)c1. The van der Waals surface area contributed by atoms with Gasteiger partial charge in [-0.2, -0.15) is 5.10 Å². The number of rotatable bonds is 5. The first-order valence-corrected chi connectivity index (χ1v) is 6.74. The largest absolute Gasteiger partial charge is 0.494 e. The first-order chi connectivity index (χ1) is 9.85. The summed E-state index contributed by atoms with van der Waals surface area (Å²) in [6.45, 7) is 3.45. The average Bonchev–Trinajstić information content (AvgIpc) is 2.93. The normalized spacial score (nSPS) is 10.7. The Labute approximate surface area is 117 Å². The number of aromatic amines is 1. The van der Waals surface area contributed by atoms with Gasteiger partial charge >= 0.3 is 0 Å². The number of H-pyrrole nitrogens is 1. The van der Waals surface area contributed by atoms with Crippen molar-refractivity contribution in [1.29, 1.82) is 0 Å². The number of fused-ring (bicyclic) bond motifs is 1. The molecule has 3 aromatic rings. The molecule has 4 nitrogen and oxygen atoms in total. The van der Waals surface area contributed by atoms with Crippen molar-refractivity contribution < 1.29 is 4.74 Å². The van der Waals surface area contributed by atoms with Crippen molar-refractivity contribution in [2.24, 2.45) is 0 Å². The van der Waals surface area contributed by atoms with E-state index in [1.165, 1.54) is 5.56 Å². The quantitative estimate of drug-likeness (QED) is 0.743. The van der Waals surface area contributed by atoms with Crippen LogP contribution in [0.4, 0.5) is 5.69 Å². The summed E-state index contributed by atoms with van der Waals surface area (Å²) in [6.07, 6.45) is 1.83. The summed E-state index contributed by atoms with van der Waals surface area (Å²) in [5.41, 5.74) is 3.33. The summed E-state index contributed by atoms with van der Waals surface area (Å²) in [5, 5.41) is 11.5. The molecule has 0 saturated heterocycles. The van der Waals surface area contributed by atoms with Crippen molar-refractivity contribution in [1.82, 2.24) is 10.2 Å². The molecule has 0 radical (unpaired) electrons. The molecule has 0 bridgehead atoms. The summed E-state index contributed by atoms with van der Waals surface area (Å²) in [5.74, 6) is 0.914. The number of aromatic nitrogens is 2. The third kappa shape index (κ3) is 2.74. The Bertz CT molecular complexity index is 706. The summed E-state index contributed by atoms with van der Waals surface area (Å²) in [6, 6.07) is 14.3. The van der Waals surface area contributed by atoms with E-state index < -0.39 is 0 Å². The molecule has 1 heterocycles. The van der Waals surface area contributed by atoms with Crippen LogP contribution in [0.15, 0.2) is 48.7 Å². The van der Waals surface area contributed by atoms with Gasteiger partial charge in [0.15, 0.2) is 0 Å². The predicted octanol–water partition coefficient (Wildman–Crippen LogP) is 3.57. The van der Waals surface area contributed by atoms with Gasteiger partial charge in [0.25, 0.3) is 0 Å². The zero-order chi connectivity index (χ0) is 13.8. The lowest BCUT2D eigenvalue weighted by atomic mass is 10.2. The topological polar surface area (TPSA) is 49.9 Å². The fraction of sp³-hybridized carbons (Fsp3) is 0.188. The Morgan fingerprint density at radius 3 is 3.05 bits per heavy atom. The highest BCUT2D eigenvalue weighted by Gasteiger charge is 1.99. The third-order valence-electron chi connectivity index (χ3n) is 3.15. The fourth-order valence-corrected chi connectivity index (χ4v) is 2.17. The highest BCUT2D eigenvalue weighted by Crippen LogP contribution is 2.18. The van der Waals surface area contributed by atoms with Gasteiger partial charge in [-0.3, -0.25) is 5.10 Å². The lowest BCUT2D eigenvalue weighted by Crippen LogP contribution is -2.00. The number of hydrogen-bond donors (Lipinski definition) is 2. The van der Waals surface area contributed by atoms with E-state index in [1.54, 1.807) is 0 Å². The molecule has 3 rings (SSSR count). The van der Waals surface area contributed by atoms with Gasteiger partial charge in [-0.1, -0.05) is 12.1 Å². The van der Waals surface area contributed by atoms with Gasteiger partial charge in [-0.15, -0.1) is 0 Å². The van der Waals surface area contributed by atoms with Crippen molar-refractivity contribution in [3.63, 3.8) is 0 Å². The molecule has 4 heteroatoms. The lowest BCUT2D eigenvalue weighted by molar-refractivity contribution is 0.340. The van der Waals surface area contributed by atoms with Crippen molar-refractivity contribution in [3.8, 4) is 5.75 Å². The first-order valence-electron chi connectivity index (χ1n) is 6.74. The van der Waals surface area contributed by atoms with Crippen LogP contribution in [-0.2, 0) is 6.54 Å². The molecule has 0 amide bonds. The number of hydrogen-bond acceptors (Lipinski definition) is 3. The maximum atomic E-state index is 5.51. The van der Waals surface area contributed by atoms with Crippen LogP contribution in [0.2, 0.25) is 0 Å². The van der Waals surface area contributed by atoms with Crippen molar-refractivity contribution in [2.75, 3.05) is 11.9 Å². The molecule has 1 aromatic heterocycles. The molecule has 0 aliphatic rings. The molecule has 0 saturated carbocycles. The molecule has 0 aliphatic carbocycles. The Kier molecular flexibility index (Phi) is 3.54. The number of ether oxygens (including phenoxy) is 1. The molecule has 2 aromatic carbocycles. The summed E-state index contributed by atoms with van der Waals surface area (Å²) in [4.78, 5) is 0. The van der Waals surface area contributed by atoms with E-state index >= 15 is 0 Å². The zero-order valence-electron chi connectivity index (χ0n) is 11.4. The minimum absolute atomic E-state index is 0.689. The second-order valence-electron chi connectivity index (χ2n) is 4.61. The Balaban J connectivity index is 1.70. The van der Waals surface area contributed by atoms with E-state index in [0.717, 1.165) is 28.9 Å². The van der Waals surface area contributed by atoms with Gasteiger partial charge in [0.2, 0.25) is 0 Å². The molecule has 20 heavy (non-hydrogen) atoms. The van der Waals surface area contributed by atoms with E-state index in [1.807, 2.05) is 37.4 Å². The highest BCUT2D eigenvalue weighted by atomic mass is 16.5. The van der Waals surface area contributed by atoms with Crippen molar-refractivity contribution in [3.05, 3.63) is 54.2 Å². The minimum Gasteiger partial charge on any atom is -0.494 e. The van der Waals surface area contributed by atoms with Crippen LogP contribution in [0, 0.1) is 0 Å². The number of nitrogens with one attached hydrogen (secondary N) is 2. The standard InChI is InChI=1S/C16H17N3O/c1-2-20-15-5-3-4-12(8-15)10-17-14-6-7-16-13(9-14)11-18-19-16/h3-9,11,17H,2,10H2,1H3,(H,18,19). The van der Waals surface area contributed by atoms with Gasteiger partial charge in [0.05, 0.1) is 18.3 Å². The molecule has 0 aliphatic heterocycles. The van der Waals surface area contributed by atoms with E-state index in [2.05, 4.69) is 33.7 Å². The molecule has 0 fully saturated rings. The van der Waals surface area contributed by atoms with Crippen molar-refractivity contribution >= 4 is 16.6 Å². The molecule has 102 valence electrons. The molecular weight excluding hydrogens is 250 g/mol. The molecule has 2 N–H and O–H groups in total. The van der Waals surface area contributed by atoms with Gasteiger partial charge in [0, 0.05) is 17.6 Å². The average molecular weight is 267 g/mol. The monoisotopic (exact) mass is 267 g/mol. The van der Waals surface area contributed by atoms with Crippen LogP contribution in [0.3, 0.4) is 0 Å². The number of nitrogens with zero attached hydrogens (tertiary/aromatic N) is 1. The van der Waals surface area contributed by atoms with Gasteiger partial charge in [0.1, 0.15) is 5.75 Å². The van der Waals surface area contributed by atoms with Crippen LogP contribution < -0.4 is 10.1 Å². The Morgan fingerprint density at radius 2 is 2.15 bits per heavy atom. The minimum atomic E-state index is 0.689. The Morgan fingerprint density at radius 1 is 1.20 bits per heavy atom. The third-order valence-corrected chi connectivity index (χ3v) is 3.15. The molecule has 0 atom stereocenters. The summed E-state index contributed by atoms with van der Waals surface area (Å²) in [7, 11) is 0. The van der Waals surface area contributed by atoms with Crippen LogP contribution in [0.5, 0.6) is 5.75 Å². The second-order valence-corrected chi connectivity index (χ2v) is 4.61. The fourth-order valence-electron chi connectivity index (χ4n) is 2.17. The van der Waals surface area contributed by atoms with Gasteiger partial charge in [-0.05, 0) is 42.8 Å². The lowest BCUT2D eigenvalue weighted by Gasteiger charge is -2.08. The van der Waals surface area contributed by atoms with Gasteiger partial charge in [-0.25, -0.2) is 0 Å². The van der Waals surface area contributed by atoms with Crippen LogP contribution in [0.1, 0.15) is 12.5 Å².